The van der Waals surface area contributed by atoms with Crippen LogP contribution in [0.15, 0.2) is 47.9 Å². The van der Waals surface area contributed by atoms with E-state index in [0.29, 0.717) is 19.8 Å². The van der Waals surface area contributed by atoms with Gasteiger partial charge in [-0.15, -0.1) is 11.3 Å². The van der Waals surface area contributed by atoms with Crippen LogP contribution in [0.1, 0.15) is 24.1 Å². The molecule has 1 aliphatic heterocycles. The minimum Gasteiger partial charge on any atom is -0.486 e. The molecule has 0 saturated carbocycles. The third kappa shape index (κ3) is 3.56. The van der Waals surface area contributed by atoms with Crippen LogP contribution in [0.4, 0.5) is 5.69 Å². The fourth-order valence-corrected chi connectivity index (χ4v) is 3.99. The van der Waals surface area contributed by atoms with Gasteiger partial charge in [0.2, 0.25) is 5.91 Å². The van der Waals surface area contributed by atoms with Crippen molar-refractivity contribution in [1.82, 2.24) is 0 Å². The Labute approximate surface area is 151 Å². The number of benzene rings is 1. The summed E-state index contributed by atoms with van der Waals surface area (Å²) in [5, 5.41) is 2.05. The lowest BCUT2D eigenvalue weighted by Gasteiger charge is -2.29. The van der Waals surface area contributed by atoms with Crippen molar-refractivity contribution in [1.29, 1.82) is 0 Å². The van der Waals surface area contributed by atoms with E-state index < -0.39 is 0 Å². The SMILES string of the molecule is O=C(C1CC=CCC1)N(Cc1cccs1)c1ccc2c(c1)OCCO2. The maximum atomic E-state index is 13.2. The molecule has 130 valence electrons. The predicted octanol–water partition coefficient (Wildman–Crippen LogP) is 4.41. The van der Waals surface area contributed by atoms with E-state index in [4.69, 9.17) is 9.47 Å². The van der Waals surface area contributed by atoms with Gasteiger partial charge in [-0.1, -0.05) is 18.2 Å². The van der Waals surface area contributed by atoms with Crippen LogP contribution in [-0.2, 0) is 11.3 Å². The van der Waals surface area contributed by atoms with E-state index in [-0.39, 0.29) is 11.8 Å². The van der Waals surface area contributed by atoms with Crippen LogP contribution in [0.5, 0.6) is 11.5 Å². The largest absolute Gasteiger partial charge is 0.486 e. The Kier molecular flexibility index (Phi) is 4.74. The van der Waals surface area contributed by atoms with Crippen molar-refractivity contribution in [3.05, 3.63) is 52.7 Å². The number of anilines is 1. The van der Waals surface area contributed by atoms with Crippen LogP contribution in [0.2, 0.25) is 0 Å². The Bertz CT molecular complexity index is 769. The van der Waals surface area contributed by atoms with Gasteiger partial charge in [0, 0.05) is 22.5 Å². The van der Waals surface area contributed by atoms with Gasteiger partial charge in [0.25, 0.3) is 0 Å². The monoisotopic (exact) mass is 355 g/mol. The van der Waals surface area contributed by atoms with Gasteiger partial charge in [0.05, 0.1) is 6.54 Å². The topological polar surface area (TPSA) is 38.8 Å². The molecule has 1 amide bonds. The summed E-state index contributed by atoms with van der Waals surface area (Å²) in [6.45, 7) is 1.71. The van der Waals surface area contributed by atoms with E-state index in [9.17, 15) is 4.79 Å². The summed E-state index contributed by atoms with van der Waals surface area (Å²) in [5.41, 5.74) is 0.872. The zero-order valence-electron chi connectivity index (χ0n) is 14.0. The zero-order chi connectivity index (χ0) is 17.1. The van der Waals surface area contributed by atoms with Crippen molar-refractivity contribution in [2.45, 2.75) is 25.8 Å². The highest BCUT2D eigenvalue weighted by Gasteiger charge is 2.27. The first-order chi connectivity index (χ1) is 12.3. The van der Waals surface area contributed by atoms with E-state index in [1.54, 1.807) is 11.3 Å². The highest BCUT2D eigenvalue weighted by Crippen LogP contribution is 2.36. The average molecular weight is 355 g/mol. The number of thiophene rings is 1. The van der Waals surface area contributed by atoms with Gasteiger partial charge in [-0.2, -0.15) is 0 Å². The van der Waals surface area contributed by atoms with Crippen LogP contribution in [0.3, 0.4) is 0 Å². The molecule has 0 bridgehead atoms. The number of carbonyl (C=O) groups excluding carboxylic acids is 1. The van der Waals surface area contributed by atoms with Crippen molar-refractivity contribution in [2.24, 2.45) is 5.92 Å². The summed E-state index contributed by atoms with van der Waals surface area (Å²) in [6.07, 6.45) is 7.01. The fourth-order valence-electron chi connectivity index (χ4n) is 3.29. The molecular formula is C20H21NO3S. The van der Waals surface area contributed by atoms with Gasteiger partial charge in [-0.25, -0.2) is 0 Å². The Hall–Kier alpha value is -2.27. The van der Waals surface area contributed by atoms with Crippen molar-refractivity contribution in [3.8, 4) is 11.5 Å². The van der Waals surface area contributed by atoms with Gasteiger partial charge in [-0.05, 0) is 42.8 Å². The number of hydrogen-bond acceptors (Lipinski definition) is 4. The van der Waals surface area contributed by atoms with E-state index in [2.05, 4.69) is 18.2 Å². The highest BCUT2D eigenvalue weighted by molar-refractivity contribution is 7.09. The van der Waals surface area contributed by atoms with Gasteiger partial charge >= 0.3 is 0 Å². The van der Waals surface area contributed by atoms with Crippen LogP contribution in [-0.4, -0.2) is 19.1 Å². The molecule has 2 aliphatic rings. The third-order valence-electron chi connectivity index (χ3n) is 4.62. The van der Waals surface area contributed by atoms with E-state index in [1.165, 1.54) is 4.88 Å². The lowest BCUT2D eigenvalue weighted by molar-refractivity contribution is -0.122. The van der Waals surface area contributed by atoms with Crippen molar-refractivity contribution >= 4 is 22.9 Å². The van der Waals surface area contributed by atoms with Crippen molar-refractivity contribution in [3.63, 3.8) is 0 Å². The number of fused-ring (bicyclic) bond motifs is 1. The number of carbonyl (C=O) groups is 1. The Morgan fingerprint density at radius 3 is 2.80 bits per heavy atom. The maximum absolute atomic E-state index is 13.2. The quantitative estimate of drug-likeness (QED) is 0.763. The number of ether oxygens (including phenoxy) is 2. The summed E-state index contributed by atoms with van der Waals surface area (Å²) >= 11 is 1.67. The molecule has 0 radical (unpaired) electrons. The molecule has 2 aromatic rings. The van der Waals surface area contributed by atoms with Crippen LogP contribution < -0.4 is 14.4 Å². The van der Waals surface area contributed by atoms with Gasteiger partial charge in [0.15, 0.2) is 11.5 Å². The Balaban J connectivity index is 1.64. The minimum absolute atomic E-state index is 0.0539. The Morgan fingerprint density at radius 1 is 1.16 bits per heavy atom. The smallest absolute Gasteiger partial charge is 0.230 e. The summed E-state index contributed by atoms with van der Waals surface area (Å²) < 4.78 is 11.3. The number of amides is 1. The molecule has 1 aromatic carbocycles. The minimum atomic E-state index is 0.0539. The van der Waals surface area contributed by atoms with Gasteiger partial charge in [-0.3, -0.25) is 4.79 Å². The summed E-state index contributed by atoms with van der Waals surface area (Å²) in [6, 6.07) is 9.88. The number of nitrogens with zero attached hydrogens (tertiary/aromatic N) is 1. The summed E-state index contributed by atoms with van der Waals surface area (Å²) in [7, 11) is 0. The summed E-state index contributed by atoms with van der Waals surface area (Å²) in [4.78, 5) is 16.3. The standard InChI is InChI=1S/C20H21NO3S/c22-20(15-5-2-1-3-6-15)21(14-17-7-4-12-25-17)16-8-9-18-19(13-16)24-11-10-23-18/h1-2,4,7-9,12-13,15H,3,5-6,10-11,14H2. The second-order valence-electron chi connectivity index (χ2n) is 6.31. The van der Waals surface area contributed by atoms with E-state index in [0.717, 1.165) is 36.4 Å². The molecule has 1 unspecified atom stereocenters. The Morgan fingerprint density at radius 2 is 2.04 bits per heavy atom. The molecule has 25 heavy (non-hydrogen) atoms. The first-order valence-corrected chi connectivity index (χ1v) is 9.57. The molecule has 1 aliphatic carbocycles. The zero-order valence-corrected chi connectivity index (χ0v) is 14.8. The molecule has 0 saturated heterocycles. The normalized spacial score (nSPS) is 18.8. The molecule has 4 rings (SSSR count). The summed E-state index contributed by atoms with van der Waals surface area (Å²) in [5.74, 6) is 1.71. The average Bonchev–Trinajstić information content (AvgIpc) is 3.19. The lowest BCUT2D eigenvalue weighted by atomic mass is 9.93. The molecule has 0 fully saturated rings. The number of rotatable bonds is 4. The fraction of sp³-hybridized carbons (Fsp3) is 0.350. The third-order valence-corrected chi connectivity index (χ3v) is 5.48. The van der Waals surface area contributed by atoms with E-state index >= 15 is 0 Å². The molecule has 1 atom stereocenters. The predicted molar refractivity (Wildman–Crippen MR) is 99.4 cm³/mol. The molecular weight excluding hydrogens is 334 g/mol. The first kappa shape index (κ1) is 16.2. The number of hydrogen-bond donors (Lipinski definition) is 0. The van der Waals surface area contributed by atoms with Gasteiger partial charge in [0.1, 0.15) is 13.2 Å². The highest BCUT2D eigenvalue weighted by atomic mass is 32.1. The lowest BCUT2D eigenvalue weighted by Crippen LogP contribution is -2.36. The van der Waals surface area contributed by atoms with Crippen molar-refractivity contribution in [2.75, 3.05) is 18.1 Å². The van der Waals surface area contributed by atoms with Crippen LogP contribution >= 0.6 is 11.3 Å². The second kappa shape index (κ2) is 7.31. The molecule has 1 aromatic heterocycles. The molecule has 2 heterocycles. The molecule has 0 spiro atoms. The first-order valence-electron chi connectivity index (χ1n) is 8.69. The van der Waals surface area contributed by atoms with Crippen LogP contribution in [0.25, 0.3) is 0 Å². The van der Waals surface area contributed by atoms with Crippen LogP contribution in [0, 0.1) is 5.92 Å². The second-order valence-corrected chi connectivity index (χ2v) is 7.35. The van der Waals surface area contributed by atoms with E-state index in [1.807, 2.05) is 34.5 Å². The maximum Gasteiger partial charge on any atom is 0.230 e. The molecule has 4 nitrogen and oxygen atoms in total. The van der Waals surface area contributed by atoms with Crippen molar-refractivity contribution < 1.29 is 14.3 Å². The molecule has 0 N–H and O–H groups in total. The van der Waals surface area contributed by atoms with Gasteiger partial charge < -0.3 is 14.4 Å². The number of allylic oxidation sites excluding steroid dienone is 2. The molecule has 5 heteroatoms.